The minimum Gasteiger partial charge on any atom is -0.389 e. The lowest BCUT2D eigenvalue weighted by Gasteiger charge is -2.17. The smallest absolute Gasteiger partial charge is 0.389 e. The van der Waals surface area contributed by atoms with E-state index in [0.29, 0.717) is 0 Å². The van der Waals surface area contributed by atoms with E-state index in [-0.39, 0.29) is 6.54 Å². The summed E-state index contributed by atoms with van der Waals surface area (Å²) in [5, 5.41) is 8.57. The molecule has 7 heteroatoms. The molecule has 0 rings (SSSR count). The van der Waals surface area contributed by atoms with Crippen LogP contribution in [-0.4, -0.2) is 36.9 Å². The van der Waals surface area contributed by atoms with Crippen molar-refractivity contribution in [1.29, 1.82) is 0 Å². The fraction of sp³-hybridized carbons (Fsp3) is 1.00. The number of ether oxygens (including phenoxy) is 1. The number of alkyl halides is 4. The Morgan fingerprint density at radius 2 is 1.92 bits per heavy atom. The average molecular weight is 191 g/mol. The molecule has 1 atom stereocenters. The molecule has 0 saturated heterocycles. The lowest BCUT2D eigenvalue weighted by atomic mass is 10.4. The summed E-state index contributed by atoms with van der Waals surface area (Å²) in [4.78, 5) is 0. The minimum atomic E-state index is -4.52. The van der Waals surface area contributed by atoms with Crippen molar-refractivity contribution in [2.45, 2.75) is 18.6 Å². The van der Waals surface area contributed by atoms with Gasteiger partial charge in [0.25, 0.3) is 0 Å². The summed E-state index contributed by atoms with van der Waals surface area (Å²) < 4.78 is 50.0. The summed E-state index contributed by atoms with van der Waals surface area (Å²) >= 11 is 0. The van der Waals surface area contributed by atoms with E-state index in [1.165, 1.54) is 0 Å². The van der Waals surface area contributed by atoms with Gasteiger partial charge in [0, 0.05) is 6.54 Å². The molecule has 0 aromatic rings. The zero-order valence-electron chi connectivity index (χ0n) is 6.01. The number of rotatable bonds is 5. The SMILES string of the molecule is NCC(O)COC(F)(F)C(F)F. The van der Waals surface area contributed by atoms with Gasteiger partial charge in [0.05, 0.1) is 12.7 Å². The van der Waals surface area contributed by atoms with E-state index in [9.17, 15) is 17.6 Å². The van der Waals surface area contributed by atoms with E-state index >= 15 is 0 Å². The van der Waals surface area contributed by atoms with Gasteiger partial charge in [-0.15, -0.1) is 0 Å². The van der Waals surface area contributed by atoms with Gasteiger partial charge in [0.2, 0.25) is 0 Å². The van der Waals surface area contributed by atoms with E-state index < -0.39 is 25.2 Å². The molecule has 0 aliphatic heterocycles. The van der Waals surface area contributed by atoms with Crippen molar-refractivity contribution in [2.24, 2.45) is 5.73 Å². The quantitative estimate of drug-likeness (QED) is 0.609. The second kappa shape index (κ2) is 4.58. The highest BCUT2D eigenvalue weighted by molar-refractivity contribution is 4.59. The Bertz CT molecular complexity index is 133. The zero-order valence-corrected chi connectivity index (χ0v) is 6.01. The highest BCUT2D eigenvalue weighted by atomic mass is 19.3. The van der Waals surface area contributed by atoms with Gasteiger partial charge in [-0.25, -0.2) is 8.78 Å². The zero-order chi connectivity index (χ0) is 9.78. The Morgan fingerprint density at radius 1 is 1.42 bits per heavy atom. The topological polar surface area (TPSA) is 55.5 Å². The van der Waals surface area contributed by atoms with Crippen molar-refractivity contribution in [1.82, 2.24) is 0 Å². The molecule has 0 aromatic carbocycles. The van der Waals surface area contributed by atoms with Gasteiger partial charge in [0.15, 0.2) is 0 Å². The molecule has 3 nitrogen and oxygen atoms in total. The molecule has 0 aliphatic rings. The van der Waals surface area contributed by atoms with Gasteiger partial charge in [-0.3, -0.25) is 0 Å². The Hall–Kier alpha value is -0.400. The number of nitrogens with two attached hydrogens (primary N) is 1. The maximum Gasteiger partial charge on any atom is 0.416 e. The summed E-state index contributed by atoms with van der Waals surface area (Å²) in [6.45, 7) is -1.23. The number of halogens is 4. The fourth-order valence-corrected chi connectivity index (χ4v) is 0.338. The molecule has 0 radical (unpaired) electrons. The summed E-state index contributed by atoms with van der Waals surface area (Å²) in [5.74, 6) is 0. The third kappa shape index (κ3) is 3.84. The first-order valence-electron chi connectivity index (χ1n) is 3.08. The minimum absolute atomic E-state index is 0.320. The lowest BCUT2D eigenvalue weighted by molar-refractivity contribution is -0.306. The highest BCUT2D eigenvalue weighted by Crippen LogP contribution is 2.23. The van der Waals surface area contributed by atoms with Crippen LogP contribution in [0.4, 0.5) is 17.6 Å². The van der Waals surface area contributed by atoms with Gasteiger partial charge >= 0.3 is 12.5 Å². The van der Waals surface area contributed by atoms with Crippen LogP contribution >= 0.6 is 0 Å². The molecule has 3 N–H and O–H groups in total. The Labute approximate surface area is 66.1 Å². The fourth-order valence-electron chi connectivity index (χ4n) is 0.338. The van der Waals surface area contributed by atoms with Gasteiger partial charge < -0.3 is 15.6 Å². The first-order valence-corrected chi connectivity index (χ1v) is 3.08. The second-order valence-corrected chi connectivity index (χ2v) is 2.06. The van der Waals surface area contributed by atoms with Gasteiger partial charge in [-0.2, -0.15) is 8.78 Å². The Kier molecular flexibility index (Phi) is 4.43. The predicted molar refractivity (Wildman–Crippen MR) is 32.0 cm³/mol. The Morgan fingerprint density at radius 3 is 2.25 bits per heavy atom. The molecule has 0 aliphatic carbocycles. The number of aliphatic hydroxyl groups is 1. The van der Waals surface area contributed by atoms with Crippen LogP contribution < -0.4 is 5.73 Å². The number of hydrogen-bond donors (Lipinski definition) is 2. The molecule has 74 valence electrons. The van der Waals surface area contributed by atoms with Crippen molar-refractivity contribution < 1.29 is 27.4 Å². The van der Waals surface area contributed by atoms with Gasteiger partial charge in [0.1, 0.15) is 0 Å². The molecule has 0 bridgehead atoms. The Balaban J connectivity index is 3.75. The predicted octanol–water partition coefficient (Wildman–Crippen LogP) is 0.181. The largest absolute Gasteiger partial charge is 0.416 e. The van der Waals surface area contributed by atoms with Crippen LogP contribution in [0, 0.1) is 0 Å². The monoisotopic (exact) mass is 191 g/mol. The number of hydrogen-bond acceptors (Lipinski definition) is 3. The van der Waals surface area contributed by atoms with Gasteiger partial charge in [-0.05, 0) is 0 Å². The third-order valence-electron chi connectivity index (χ3n) is 0.994. The van der Waals surface area contributed by atoms with E-state index in [4.69, 9.17) is 10.8 Å². The van der Waals surface area contributed by atoms with E-state index in [0.717, 1.165) is 0 Å². The normalized spacial score (nSPS) is 15.2. The van der Waals surface area contributed by atoms with Crippen LogP contribution in [0.15, 0.2) is 0 Å². The molecule has 0 fully saturated rings. The lowest BCUT2D eigenvalue weighted by Crippen LogP contribution is -2.35. The van der Waals surface area contributed by atoms with Crippen LogP contribution in [0.1, 0.15) is 0 Å². The van der Waals surface area contributed by atoms with Crippen molar-refractivity contribution in [3.63, 3.8) is 0 Å². The van der Waals surface area contributed by atoms with Crippen molar-refractivity contribution >= 4 is 0 Å². The third-order valence-corrected chi connectivity index (χ3v) is 0.994. The first kappa shape index (κ1) is 11.6. The van der Waals surface area contributed by atoms with Crippen LogP contribution in [0.5, 0.6) is 0 Å². The molecule has 0 heterocycles. The maximum atomic E-state index is 11.9. The van der Waals surface area contributed by atoms with E-state index in [2.05, 4.69) is 4.74 Å². The first-order chi connectivity index (χ1) is 5.40. The van der Waals surface area contributed by atoms with Crippen molar-refractivity contribution in [2.75, 3.05) is 13.2 Å². The van der Waals surface area contributed by atoms with Crippen LogP contribution in [0.2, 0.25) is 0 Å². The molecule has 12 heavy (non-hydrogen) atoms. The molecule has 0 saturated carbocycles. The van der Waals surface area contributed by atoms with E-state index in [1.54, 1.807) is 0 Å². The second-order valence-electron chi connectivity index (χ2n) is 2.06. The van der Waals surface area contributed by atoms with Crippen LogP contribution in [0.25, 0.3) is 0 Å². The molecule has 0 aromatic heterocycles. The van der Waals surface area contributed by atoms with Crippen LogP contribution in [0.3, 0.4) is 0 Å². The molecular formula is C5H9F4NO2. The molecular weight excluding hydrogens is 182 g/mol. The standard InChI is InChI=1S/C5H9F4NO2/c6-4(7)5(8,9)12-2-3(11)1-10/h3-4,11H,1-2,10H2. The molecule has 0 amide bonds. The summed E-state index contributed by atoms with van der Waals surface area (Å²) in [7, 11) is 0. The number of aliphatic hydroxyl groups excluding tert-OH is 1. The van der Waals surface area contributed by atoms with Gasteiger partial charge in [-0.1, -0.05) is 0 Å². The molecule has 1 unspecified atom stereocenters. The van der Waals surface area contributed by atoms with Crippen molar-refractivity contribution in [3.05, 3.63) is 0 Å². The molecule has 0 spiro atoms. The summed E-state index contributed by atoms with van der Waals surface area (Å²) in [5.41, 5.74) is 4.82. The van der Waals surface area contributed by atoms with Crippen LogP contribution in [-0.2, 0) is 4.74 Å². The maximum absolute atomic E-state index is 11.9. The summed E-state index contributed by atoms with van der Waals surface area (Å²) in [6, 6.07) is 0. The average Bonchev–Trinajstić information content (AvgIpc) is 2.00. The highest BCUT2D eigenvalue weighted by Gasteiger charge is 2.42. The van der Waals surface area contributed by atoms with E-state index in [1.807, 2.05) is 0 Å². The van der Waals surface area contributed by atoms with Crippen molar-refractivity contribution in [3.8, 4) is 0 Å². The summed E-state index contributed by atoms with van der Waals surface area (Å²) in [6.07, 6.45) is -9.77.